The van der Waals surface area contributed by atoms with Gasteiger partial charge in [-0.05, 0) is 23.8 Å². The lowest BCUT2D eigenvalue weighted by atomic mass is 10.2. The van der Waals surface area contributed by atoms with Crippen LogP contribution in [0.25, 0.3) is 6.08 Å². The molecule has 1 aliphatic heterocycles. The molecule has 0 bridgehead atoms. The minimum Gasteiger partial charge on any atom is -0.339 e. The summed E-state index contributed by atoms with van der Waals surface area (Å²) in [6, 6.07) is 7.30. The molecule has 1 aromatic carbocycles. The number of amides is 2. The Morgan fingerprint density at radius 1 is 1.05 bits per heavy atom. The summed E-state index contributed by atoms with van der Waals surface area (Å²) < 4.78 is 0. The molecular weight excluding hydrogens is 276 g/mol. The first-order valence-corrected chi connectivity index (χ1v) is 6.92. The van der Waals surface area contributed by atoms with Crippen LogP contribution in [-0.4, -0.2) is 47.8 Å². The maximum atomic E-state index is 12.0. The predicted octanol–water partition coefficient (Wildman–Crippen LogP) is 2.04. The van der Waals surface area contributed by atoms with Gasteiger partial charge in [-0.2, -0.15) is 0 Å². The number of hydrogen-bond donors (Lipinski definition) is 0. The average molecular weight is 293 g/mol. The van der Waals surface area contributed by atoms with E-state index in [-0.39, 0.29) is 11.8 Å². The van der Waals surface area contributed by atoms with Crippen LogP contribution in [0.3, 0.4) is 0 Å². The maximum absolute atomic E-state index is 12.0. The molecule has 1 fully saturated rings. The minimum absolute atomic E-state index is 0.0249. The predicted molar refractivity (Wildman–Crippen MR) is 79.3 cm³/mol. The molecule has 1 heterocycles. The molecule has 5 heteroatoms. The summed E-state index contributed by atoms with van der Waals surface area (Å²) >= 11 is 5.80. The second-order valence-electron chi connectivity index (χ2n) is 4.72. The van der Waals surface area contributed by atoms with Crippen molar-refractivity contribution in [1.29, 1.82) is 0 Å². The third kappa shape index (κ3) is 3.84. The Morgan fingerprint density at radius 2 is 1.60 bits per heavy atom. The van der Waals surface area contributed by atoms with E-state index < -0.39 is 0 Å². The Labute approximate surface area is 123 Å². The number of piperazine rings is 1. The van der Waals surface area contributed by atoms with E-state index in [4.69, 9.17) is 11.6 Å². The Morgan fingerprint density at radius 3 is 2.15 bits per heavy atom. The van der Waals surface area contributed by atoms with Crippen molar-refractivity contribution in [3.8, 4) is 0 Å². The monoisotopic (exact) mass is 292 g/mol. The van der Waals surface area contributed by atoms with Crippen LogP contribution >= 0.6 is 11.6 Å². The van der Waals surface area contributed by atoms with Crippen molar-refractivity contribution in [3.05, 3.63) is 40.9 Å². The molecule has 1 aliphatic rings. The van der Waals surface area contributed by atoms with Gasteiger partial charge >= 0.3 is 0 Å². The molecule has 0 aliphatic carbocycles. The molecule has 0 atom stereocenters. The summed E-state index contributed by atoms with van der Waals surface area (Å²) in [5.41, 5.74) is 0.935. The van der Waals surface area contributed by atoms with Crippen molar-refractivity contribution in [2.45, 2.75) is 6.92 Å². The zero-order valence-electron chi connectivity index (χ0n) is 11.4. The number of benzene rings is 1. The number of halogens is 1. The largest absolute Gasteiger partial charge is 0.339 e. The fourth-order valence-corrected chi connectivity index (χ4v) is 2.21. The summed E-state index contributed by atoms with van der Waals surface area (Å²) in [6.07, 6.45) is 3.34. The van der Waals surface area contributed by atoms with Gasteiger partial charge in [0.2, 0.25) is 11.8 Å². The number of hydrogen-bond acceptors (Lipinski definition) is 2. The summed E-state index contributed by atoms with van der Waals surface area (Å²) in [6.45, 7) is 3.94. The lowest BCUT2D eigenvalue weighted by molar-refractivity contribution is -0.135. The highest BCUT2D eigenvalue weighted by Gasteiger charge is 2.20. The lowest BCUT2D eigenvalue weighted by Gasteiger charge is -2.33. The van der Waals surface area contributed by atoms with Gasteiger partial charge in [-0.1, -0.05) is 23.7 Å². The molecule has 4 nitrogen and oxygen atoms in total. The van der Waals surface area contributed by atoms with E-state index in [1.54, 1.807) is 41.0 Å². The number of carbonyl (C=O) groups is 2. The molecular formula is C15H17ClN2O2. The van der Waals surface area contributed by atoms with Crippen LogP contribution in [0, 0.1) is 0 Å². The van der Waals surface area contributed by atoms with Crippen molar-refractivity contribution in [3.63, 3.8) is 0 Å². The van der Waals surface area contributed by atoms with Gasteiger partial charge in [-0.3, -0.25) is 9.59 Å². The first-order valence-electron chi connectivity index (χ1n) is 6.54. The molecule has 2 rings (SSSR count). The zero-order chi connectivity index (χ0) is 14.5. The topological polar surface area (TPSA) is 40.6 Å². The van der Waals surface area contributed by atoms with Gasteiger partial charge < -0.3 is 9.80 Å². The minimum atomic E-state index is -0.0249. The molecule has 0 unspecified atom stereocenters. The molecule has 0 N–H and O–H groups in total. The normalized spacial score (nSPS) is 15.7. The van der Waals surface area contributed by atoms with E-state index in [1.807, 2.05) is 12.1 Å². The van der Waals surface area contributed by atoms with Crippen LogP contribution in [0.4, 0.5) is 0 Å². The van der Waals surface area contributed by atoms with Crippen molar-refractivity contribution < 1.29 is 9.59 Å². The number of carbonyl (C=O) groups excluding carboxylic acids is 2. The van der Waals surface area contributed by atoms with Crippen molar-refractivity contribution in [2.75, 3.05) is 26.2 Å². The molecule has 0 saturated carbocycles. The second-order valence-corrected chi connectivity index (χ2v) is 5.15. The SMILES string of the molecule is CC(=O)N1CCN(C(=O)C=Cc2ccc(Cl)cc2)CC1. The van der Waals surface area contributed by atoms with E-state index in [0.717, 1.165) is 5.56 Å². The van der Waals surface area contributed by atoms with Crippen LogP contribution in [-0.2, 0) is 9.59 Å². The quantitative estimate of drug-likeness (QED) is 0.783. The van der Waals surface area contributed by atoms with Gasteiger partial charge in [-0.15, -0.1) is 0 Å². The standard InChI is InChI=1S/C15H17ClN2O2/c1-12(19)17-8-10-18(11-9-17)15(20)7-4-13-2-5-14(16)6-3-13/h2-7H,8-11H2,1H3. The number of nitrogens with zero attached hydrogens (tertiary/aromatic N) is 2. The van der Waals surface area contributed by atoms with E-state index >= 15 is 0 Å². The van der Waals surface area contributed by atoms with Gasteiger partial charge in [-0.25, -0.2) is 0 Å². The second kappa shape index (κ2) is 6.57. The highest BCUT2D eigenvalue weighted by atomic mass is 35.5. The van der Waals surface area contributed by atoms with Gasteiger partial charge in [0, 0.05) is 44.2 Å². The summed E-state index contributed by atoms with van der Waals surface area (Å²) in [5, 5.41) is 0.675. The van der Waals surface area contributed by atoms with Gasteiger partial charge in [0.15, 0.2) is 0 Å². The Kier molecular flexibility index (Phi) is 4.79. The Hall–Kier alpha value is -1.81. The van der Waals surface area contributed by atoms with Crippen LogP contribution in [0.2, 0.25) is 5.02 Å². The van der Waals surface area contributed by atoms with E-state index in [9.17, 15) is 9.59 Å². The van der Waals surface area contributed by atoms with Crippen molar-refractivity contribution in [1.82, 2.24) is 9.80 Å². The van der Waals surface area contributed by atoms with E-state index in [0.29, 0.717) is 31.2 Å². The van der Waals surface area contributed by atoms with Crippen LogP contribution in [0.5, 0.6) is 0 Å². The molecule has 20 heavy (non-hydrogen) atoms. The molecule has 0 spiro atoms. The van der Waals surface area contributed by atoms with Gasteiger partial charge in [0.25, 0.3) is 0 Å². The van der Waals surface area contributed by atoms with E-state index in [1.165, 1.54) is 0 Å². The van der Waals surface area contributed by atoms with Crippen LogP contribution in [0.1, 0.15) is 12.5 Å². The Balaban J connectivity index is 1.89. The fraction of sp³-hybridized carbons (Fsp3) is 0.333. The average Bonchev–Trinajstić information content (AvgIpc) is 2.46. The molecule has 1 saturated heterocycles. The van der Waals surface area contributed by atoms with Crippen molar-refractivity contribution >= 4 is 29.5 Å². The lowest BCUT2D eigenvalue weighted by Crippen LogP contribution is -2.49. The van der Waals surface area contributed by atoms with Crippen molar-refractivity contribution in [2.24, 2.45) is 0 Å². The maximum Gasteiger partial charge on any atom is 0.246 e. The zero-order valence-corrected chi connectivity index (χ0v) is 12.1. The third-order valence-electron chi connectivity index (χ3n) is 3.33. The third-order valence-corrected chi connectivity index (χ3v) is 3.58. The van der Waals surface area contributed by atoms with Crippen LogP contribution in [0.15, 0.2) is 30.3 Å². The molecule has 0 aromatic heterocycles. The molecule has 1 aromatic rings. The highest BCUT2D eigenvalue weighted by Crippen LogP contribution is 2.11. The Bertz CT molecular complexity index is 517. The van der Waals surface area contributed by atoms with Gasteiger partial charge in [0.05, 0.1) is 0 Å². The summed E-state index contributed by atoms with van der Waals surface area (Å²) in [5.74, 6) is 0.0388. The highest BCUT2D eigenvalue weighted by molar-refractivity contribution is 6.30. The van der Waals surface area contributed by atoms with Gasteiger partial charge in [0.1, 0.15) is 0 Å². The molecule has 0 radical (unpaired) electrons. The smallest absolute Gasteiger partial charge is 0.246 e. The van der Waals surface area contributed by atoms with E-state index in [2.05, 4.69) is 0 Å². The first-order chi connectivity index (χ1) is 9.56. The first kappa shape index (κ1) is 14.6. The summed E-state index contributed by atoms with van der Waals surface area (Å²) in [4.78, 5) is 26.7. The van der Waals surface area contributed by atoms with Crippen LogP contribution < -0.4 is 0 Å². The fourth-order valence-electron chi connectivity index (χ4n) is 2.09. The molecule has 106 valence electrons. The molecule has 2 amide bonds. The summed E-state index contributed by atoms with van der Waals surface area (Å²) in [7, 11) is 0. The number of rotatable bonds is 2.